The normalized spacial score (nSPS) is 22.1. The van der Waals surface area contributed by atoms with Gasteiger partial charge < -0.3 is 10.5 Å². The molecule has 0 aromatic heterocycles. The number of ether oxygens (including phenoxy) is 1. The van der Waals surface area contributed by atoms with Crippen LogP contribution < -0.4 is 20.1 Å². The van der Waals surface area contributed by atoms with E-state index in [-0.39, 0.29) is 35.7 Å². The molecule has 8 nitrogen and oxygen atoms in total. The lowest BCUT2D eigenvalue weighted by Gasteiger charge is -2.35. The molecule has 0 saturated carbocycles. The van der Waals surface area contributed by atoms with Crippen LogP contribution >= 0.6 is 0 Å². The Bertz CT molecular complexity index is 1380. The molecular formula is C24H24F3N3O5S. The van der Waals surface area contributed by atoms with Crippen LogP contribution in [0.15, 0.2) is 64.7 Å². The molecule has 36 heavy (non-hydrogen) atoms. The highest BCUT2D eigenvalue weighted by Crippen LogP contribution is 2.53. The molecule has 1 heterocycles. The smallest absolute Gasteiger partial charge is 0.421 e. The number of nitrogens with two attached hydrogens (primary N) is 1. The first-order valence-corrected chi connectivity index (χ1v) is 12.3. The maximum atomic E-state index is 14.9. The number of carbonyl (C=O) groups is 2. The number of benzene rings is 2. The van der Waals surface area contributed by atoms with Crippen molar-refractivity contribution < 1.29 is 35.9 Å². The van der Waals surface area contributed by atoms with E-state index in [4.69, 9.17) is 10.5 Å². The minimum atomic E-state index is -5.49. The molecule has 0 fully saturated rings. The van der Waals surface area contributed by atoms with Crippen molar-refractivity contribution in [1.29, 1.82) is 0 Å². The average molecular weight is 524 g/mol. The Balaban J connectivity index is 1.99. The summed E-state index contributed by atoms with van der Waals surface area (Å²) in [6, 6.07) is 10.2. The molecule has 1 atom stereocenters. The summed E-state index contributed by atoms with van der Waals surface area (Å²) in [5.74, 6) is -2.34. The molecule has 0 bridgehead atoms. The molecule has 192 valence electrons. The SMILES string of the molecule is COc1cccc(N2C(=O)C(NS(=O)(=O)c3ccc(N)cc3)(C(F)(F)F)C3=C2CC(C)(C)CC3=O)c1. The van der Waals surface area contributed by atoms with Gasteiger partial charge >= 0.3 is 6.18 Å². The number of hydrogen-bond acceptors (Lipinski definition) is 6. The van der Waals surface area contributed by atoms with E-state index >= 15 is 0 Å². The van der Waals surface area contributed by atoms with Gasteiger partial charge in [-0.05, 0) is 48.2 Å². The number of halogens is 3. The van der Waals surface area contributed by atoms with Gasteiger partial charge in [-0.25, -0.2) is 8.42 Å². The van der Waals surface area contributed by atoms with Gasteiger partial charge in [-0.15, -0.1) is 0 Å². The van der Waals surface area contributed by atoms with Crippen molar-refractivity contribution in [2.75, 3.05) is 17.7 Å². The van der Waals surface area contributed by atoms with Crippen molar-refractivity contribution >= 4 is 33.1 Å². The van der Waals surface area contributed by atoms with Gasteiger partial charge in [-0.3, -0.25) is 14.5 Å². The first-order valence-electron chi connectivity index (χ1n) is 10.8. The minimum absolute atomic E-state index is 0.00941. The molecule has 12 heteroatoms. The van der Waals surface area contributed by atoms with Crippen LogP contribution in [0, 0.1) is 5.41 Å². The summed E-state index contributed by atoms with van der Waals surface area (Å²) >= 11 is 0. The molecule has 4 rings (SSSR count). The molecule has 0 radical (unpaired) electrons. The van der Waals surface area contributed by atoms with Crippen LogP contribution in [-0.4, -0.2) is 38.9 Å². The zero-order chi connectivity index (χ0) is 26.7. The first-order chi connectivity index (χ1) is 16.6. The van der Waals surface area contributed by atoms with Crippen LogP contribution in [0.5, 0.6) is 5.75 Å². The third kappa shape index (κ3) is 4.03. The molecule has 2 aliphatic rings. The number of rotatable bonds is 5. The molecule has 0 saturated heterocycles. The Labute approximate surface area is 206 Å². The van der Waals surface area contributed by atoms with E-state index in [1.807, 2.05) is 0 Å². The number of anilines is 2. The number of allylic oxidation sites excluding steroid dienone is 1. The summed E-state index contributed by atoms with van der Waals surface area (Å²) in [4.78, 5) is 27.3. The van der Waals surface area contributed by atoms with Crippen molar-refractivity contribution in [2.24, 2.45) is 5.41 Å². The Morgan fingerprint density at radius 3 is 2.28 bits per heavy atom. The first kappa shape index (κ1) is 25.7. The third-order valence-corrected chi connectivity index (χ3v) is 7.70. The number of hydrogen-bond donors (Lipinski definition) is 2. The van der Waals surface area contributed by atoms with Crippen molar-refractivity contribution in [1.82, 2.24) is 4.72 Å². The molecule has 2 aromatic rings. The fourth-order valence-electron chi connectivity index (χ4n) is 4.65. The van der Waals surface area contributed by atoms with Gasteiger partial charge in [-0.1, -0.05) is 19.9 Å². The Morgan fingerprint density at radius 1 is 1.06 bits per heavy atom. The monoisotopic (exact) mass is 523 g/mol. The minimum Gasteiger partial charge on any atom is -0.497 e. The van der Waals surface area contributed by atoms with E-state index in [2.05, 4.69) is 0 Å². The number of ketones is 1. The van der Waals surface area contributed by atoms with E-state index in [0.717, 1.165) is 17.0 Å². The van der Waals surface area contributed by atoms with Crippen molar-refractivity contribution in [3.63, 3.8) is 0 Å². The second-order valence-electron chi connectivity index (χ2n) is 9.53. The maximum absolute atomic E-state index is 14.9. The molecule has 1 amide bonds. The van der Waals surface area contributed by atoms with Crippen LogP contribution in [-0.2, 0) is 19.6 Å². The van der Waals surface area contributed by atoms with Crippen LogP contribution in [0.2, 0.25) is 0 Å². The summed E-state index contributed by atoms with van der Waals surface area (Å²) in [7, 11) is -3.59. The Morgan fingerprint density at radius 2 is 1.69 bits per heavy atom. The number of alkyl halides is 3. The van der Waals surface area contributed by atoms with Crippen molar-refractivity contribution in [2.45, 2.75) is 43.3 Å². The lowest BCUT2D eigenvalue weighted by atomic mass is 9.72. The molecule has 1 aliphatic heterocycles. The second kappa shape index (κ2) is 8.34. The Kier molecular flexibility index (Phi) is 5.96. The molecule has 0 spiro atoms. The maximum Gasteiger partial charge on any atom is 0.421 e. The van der Waals surface area contributed by atoms with Gasteiger partial charge in [0.25, 0.3) is 5.91 Å². The topological polar surface area (TPSA) is 119 Å². The van der Waals surface area contributed by atoms with E-state index in [1.54, 1.807) is 18.6 Å². The predicted octanol–water partition coefficient (Wildman–Crippen LogP) is 3.55. The lowest BCUT2D eigenvalue weighted by Crippen LogP contribution is -2.66. The predicted molar refractivity (Wildman–Crippen MR) is 125 cm³/mol. The highest BCUT2D eigenvalue weighted by Gasteiger charge is 2.72. The van der Waals surface area contributed by atoms with Gasteiger partial charge in [0.05, 0.1) is 23.3 Å². The Hall–Kier alpha value is -3.38. The van der Waals surface area contributed by atoms with Crippen molar-refractivity contribution in [3.05, 3.63) is 59.8 Å². The summed E-state index contributed by atoms with van der Waals surface area (Å²) in [6.45, 7) is 3.38. The van der Waals surface area contributed by atoms with Gasteiger partial charge in [0.1, 0.15) is 5.75 Å². The number of nitrogens with one attached hydrogen (secondary N) is 1. The number of amides is 1. The third-order valence-electron chi connectivity index (χ3n) is 6.24. The van der Waals surface area contributed by atoms with Gasteiger partial charge in [-0.2, -0.15) is 17.9 Å². The van der Waals surface area contributed by atoms with Crippen LogP contribution in [0.1, 0.15) is 26.7 Å². The van der Waals surface area contributed by atoms with Gasteiger partial charge in [0.15, 0.2) is 5.78 Å². The zero-order valence-corrected chi connectivity index (χ0v) is 20.5. The van der Waals surface area contributed by atoms with E-state index in [9.17, 15) is 31.2 Å². The van der Waals surface area contributed by atoms with E-state index in [0.29, 0.717) is 0 Å². The molecule has 3 N–H and O–H groups in total. The van der Waals surface area contributed by atoms with E-state index < -0.39 is 49.3 Å². The summed E-state index contributed by atoms with van der Waals surface area (Å²) in [5.41, 5.74) is 0.0585. The average Bonchev–Trinajstić information content (AvgIpc) is 3.01. The zero-order valence-electron chi connectivity index (χ0n) is 19.6. The fraction of sp³-hybridized carbons (Fsp3) is 0.333. The summed E-state index contributed by atoms with van der Waals surface area (Å²) in [5, 5.41) is 0. The number of nitrogens with zero attached hydrogens (tertiary/aromatic N) is 1. The number of methoxy groups -OCH3 is 1. The molecule has 2 aromatic carbocycles. The summed E-state index contributed by atoms with van der Waals surface area (Å²) in [6.07, 6.45) is -5.86. The lowest BCUT2D eigenvalue weighted by molar-refractivity contribution is -0.184. The molecular weight excluding hydrogens is 499 g/mol. The second-order valence-corrected chi connectivity index (χ2v) is 11.2. The highest BCUT2D eigenvalue weighted by molar-refractivity contribution is 7.89. The van der Waals surface area contributed by atoms with Crippen LogP contribution in [0.4, 0.5) is 24.5 Å². The van der Waals surface area contributed by atoms with Crippen LogP contribution in [0.3, 0.4) is 0 Å². The van der Waals surface area contributed by atoms with Crippen molar-refractivity contribution in [3.8, 4) is 5.75 Å². The number of carbonyl (C=O) groups excluding carboxylic acids is 2. The largest absolute Gasteiger partial charge is 0.497 e. The molecule has 1 unspecified atom stereocenters. The van der Waals surface area contributed by atoms with E-state index in [1.165, 1.54) is 43.5 Å². The fourth-order valence-corrected chi connectivity index (χ4v) is 5.97. The van der Waals surface area contributed by atoms with Crippen LogP contribution in [0.25, 0.3) is 0 Å². The van der Waals surface area contributed by atoms with Gasteiger partial charge in [0.2, 0.25) is 15.6 Å². The quantitative estimate of drug-likeness (QED) is 0.579. The summed E-state index contributed by atoms with van der Waals surface area (Å²) < 4.78 is 77.9. The number of nitrogen functional groups attached to an aromatic ring is 1. The standard InChI is InChI=1S/C24H24F3N3O5S/c1-22(2)12-18-20(19(31)13-22)23(24(25,26)27,29-36(33,34)17-9-7-14(28)8-10-17)21(32)30(18)15-5-4-6-16(11-15)35-3/h4-11,29H,12-13,28H2,1-3H3. The highest BCUT2D eigenvalue weighted by atomic mass is 32.2. The molecule has 1 aliphatic carbocycles. The number of sulfonamides is 1. The number of Topliss-reactive ketones (excluding diaryl/α,β-unsaturated/α-hetero) is 1. The van der Waals surface area contributed by atoms with Gasteiger partial charge in [0, 0.05) is 23.9 Å².